The molecule has 5 rings (SSSR count). The molecule has 0 unspecified atom stereocenters. The molecule has 6 nitrogen and oxygen atoms in total. The van der Waals surface area contributed by atoms with Crippen LogP contribution < -0.4 is 9.47 Å². The molecule has 1 aliphatic carbocycles. The van der Waals surface area contributed by atoms with Crippen molar-refractivity contribution in [1.82, 2.24) is 0 Å². The van der Waals surface area contributed by atoms with Crippen LogP contribution in [0.25, 0.3) is 21.5 Å². The third-order valence-corrected chi connectivity index (χ3v) is 8.74. The van der Waals surface area contributed by atoms with Gasteiger partial charge in [-0.25, -0.2) is 0 Å². The van der Waals surface area contributed by atoms with Gasteiger partial charge in [-0.15, -0.1) is 0 Å². The number of fused-ring (bicyclic) bond motifs is 2. The second kappa shape index (κ2) is 13.3. The molecule has 0 bridgehead atoms. The van der Waals surface area contributed by atoms with E-state index in [-0.39, 0.29) is 23.8 Å². The standard InChI is InChI=1S/C36H40O6/c1-23(27-9-11-31-19-33(39-3)15-13-29(31)17-27)35(37)41-21-25-5-7-26(8-6-25)22-42-36(38)24(2)28-10-12-32-20-34(40-4)16-14-30(32)18-28/h9-20,23-26H,5-8,21-22H2,1-4H3/t23-,24-,25?,26?/m0/s1. The monoisotopic (exact) mass is 568 g/mol. The van der Waals surface area contributed by atoms with E-state index in [0.29, 0.717) is 25.0 Å². The van der Waals surface area contributed by atoms with Crippen LogP contribution in [-0.4, -0.2) is 39.4 Å². The van der Waals surface area contributed by atoms with E-state index < -0.39 is 0 Å². The van der Waals surface area contributed by atoms with Crippen molar-refractivity contribution in [3.8, 4) is 11.5 Å². The largest absolute Gasteiger partial charge is 0.497 e. The Hall–Kier alpha value is -4.06. The summed E-state index contributed by atoms with van der Waals surface area (Å²) in [4.78, 5) is 25.7. The number of rotatable bonds is 10. The molecule has 0 heterocycles. The number of hydrogen-bond acceptors (Lipinski definition) is 6. The lowest BCUT2D eigenvalue weighted by Gasteiger charge is -2.28. The summed E-state index contributed by atoms with van der Waals surface area (Å²) < 4.78 is 22.1. The summed E-state index contributed by atoms with van der Waals surface area (Å²) in [5, 5.41) is 4.29. The summed E-state index contributed by atoms with van der Waals surface area (Å²) in [7, 11) is 3.31. The highest BCUT2D eigenvalue weighted by Crippen LogP contribution is 2.31. The Morgan fingerprint density at radius 1 is 0.595 bits per heavy atom. The van der Waals surface area contributed by atoms with Crippen LogP contribution in [-0.2, 0) is 19.1 Å². The molecule has 0 saturated heterocycles. The minimum absolute atomic E-state index is 0.194. The zero-order chi connectivity index (χ0) is 29.6. The molecule has 1 aliphatic rings. The number of ether oxygens (including phenoxy) is 4. The molecule has 220 valence electrons. The minimum Gasteiger partial charge on any atom is -0.497 e. The number of carbonyl (C=O) groups excluding carboxylic acids is 2. The summed E-state index contributed by atoms with van der Waals surface area (Å²) in [6, 6.07) is 23.9. The number of benzene rings is 4. The molecule has 0 radical (unpaired) electrons. The van der Waals surface area contributed by atoms with Gasteiger partial charge >= 0.3 is 11.9 Å². The number of methoxy groups -OCH3 is 2. The van der Waals surface area contributed by atoms with E-state index in [1.807, 2.05) is 86.6 Å². The van der Waals surface area contributed by atoms with Crippen molar-refractivity contribution in [2.75, 3.05) is 27.4 Å². The van der Waals surface area contributed by atoms with Crippen molar-refractivity contribution in [2.45, 2.75) is 51.4 Å². The summed E-state index contributed by atoms with van der Waals surface area (Å²) >= 11 is 0. The molecule has 1 fully saturated rings. The van der Waals surface area contributed by atoms with Crippen LogP contribution in [0, 0.1) is 11.8 Å². The van der Waals surface area contributed by atoms with E-state index in [9.17, 15) is 9.59 Å². The zero-order valence-corrected chi connectivity index (χ0v) is 24.9. The van der Waals surface area contributed by atoms with Gasteiger partial charge in [-0.2, -0.15) is 0 Å². The van der Waals surface area contributed by atoms with Gasteiger partial charge in [0.1, 0.15) is 11.5 Å². The maximum absolute atomic E-state index is 12.8. The lowest BCUT2D eigenvalue weighted by molar-refractivity contribution is -0.149. The van der Waals surface area contributed by atoms with Crippen LogP contribution in [0.1, 0.15) is 62.5 Å². The maximum Gasteiger partial charge on any atom is 0.313 e. The summed E-state index contributed by atoms with van der Waals surface area (Å²) in [6.07, 6.45) is 3.85. The Labute approximate surface area is 247 Å². The quantitative estimate of drug-likeness (QED) is 0.182. The third kappa shape index (κ3) is 6.87. The Balaban J connectivity index is 1.05. The van der Waals surface area contributed by atoms with E-state index in [2.05, 4.69) is 0 Å². The lowest BCUT2D eigenvalue weighted by atomic mass is 9.83. The Bertz CT molecular complexity index is 1430. The van der Waals surface area contributed by atoms with Crippen molar-refractivity contribution in [1.29, 1.82) is 0 Å². The van der Waals surface area contributed by atoms with Crippen LogP contribution in [0.3, 0.4) is 0 Å². The Morgan fingerprint density at radius 2 is 0.952 bits per heavy atom. The molecule has 6 heteroatoms. The normalized spacial score (nSPS) is 18.3. The predicted molar refractivity (Wildman–Crippen MR) is 165 cm³/mol. The average Bonchev–Trinajstić information content (AvgIpc) is 3.04. The van der Waals surface area contributed by atoms with Gasteiger partial charge in [0.25, 0.3) is 0 Å². The Morgan fingerprint density at radius 3 is 1.33 bits per heavy atom. The highest BCUT2D eigenvalue weighted by atomic mass is 16.5. The zero-order valence-electron chi connectivity index (χ0n) is 24.9. The van der Waals surface area contributed by atoms with E-state index in [4.69, 9.17) is 18.9 Å². The van der Waals surface area contributed by atoms with Crippen LogP contribution >= 0.6 is 0 Å². The second-order valence-corrected chi connectivity index (χ2v) is 11.5. The topological polar surface area (TPSA) is 71.1 Å². The first-order valence-electron chi connectivity index (χ1n) is 14.8. The SMILES string of the molecule is COc1ccc2cc([C@H](C)C(=O)OCC3CCC(COC(=O)[C@@H](C)c4ccc5cc(OC)ccc5c4)CC3)ccc2c1. The van der Waals surface area contributed by atoms with Crippen LogP contribution in [0.15, 0.2) is 72.8 Å². The van der Waals surface area contributed by atoms with Gasteiger partial charge in [0.15, 0.2) is 0 Å². The highest BCUT2D eigenvalue weighted by molar-refractivity contribution is 5.88. The Kier molecular flexibility index (Phi) is 9.31. The first-order valence-corrected chi connectivity index (χ1v) is 14.8. The number of hydrogen-bond donors (Lipinski definition) is 0. The van der Waals surface area contributed by atoms with Crippen molar-refractivity contribution in [2.24, 2.45) is 11.8 Å². The highest BCUT2D eigenvalue weighted by Gasteiger charge is 2.26. The molecule has 2 atom stereocenters. The molecule has 0 amide bonds. The number of carbonyl (C=O) groups is 2. The molecule has 4 aromatic rings. The third-order valence-electron chi connectivity index (χ3n) is 8.74. The molecule has 42 heavy (non-hydrogen) atoms. The van der Waals surface area contributed by atoms with Gasteiger partial charge in [0.05, 0.1) is 39.3 Å². The van der Waals surface area contributed by atoms with Gasteiger partial charge in [-0.1, -0.05) is 48.5 Å². The maximum atomic E-state index is 12.8. The van der Waals surface area contributed by atoms with Crippen LogP contribution in [0.2, 0.25) is 0 Å². The molecule has 0 spiro atoms. The fraction of sp³-hybridized carbons (Fsp3) is 0.389. The molecular formula is C36H40O6. The molecule has 0 aromatic heterocycles. The van der Waals surface area contributed by atoms with E-state index >= 15 is 0 Å². The fourth-order valence-corrected chi connectivity index (χ4v) is 5.76. The average molecular weight is 569 g/mol. The van der Waals surface area contributed by atoms with Gasteiger partial charge < -0.3 is 18.9 Å². The summed E-state index contributed by atoms with van der Waals surface area (Å²) in [6.45, 7) is 4.67. The van der Waals surface area contributed by atoms with Crippen LogP contribution in [0.5, 0.6) is 11.5 Å². The summed E-state index contributed by atoms with van der Waals surface area (Å²) in [5.74, 6) is 1.25. The van der Waals surface area contributed by atoms with Crippen molar-refractivity contribution < 1.29 is 28.5 Å². The minimum atomic E-state index is -0.334. The smallest absolute Gasteiger partial charge is 0.313 e. The molecular weight excluding hydrogens is 528 g/mol. The van der Waals surface area contributed by atoms with Crippen LogP contribution in [0.4, 0.5) is 0 Å². The van der Waals surface area contributed by atoms with Gasteiger partial charge in [0, 0.05) is 0 Å². The van der Waals surface area contributed by atoms with E-state index in [1.54, 1.807) is 14.2 Å². The van der Waals surface area contributed by atoms with E-state index in [0.717, 1.165) is 69.9 Å². The van der Waals surface area contributed by atoms with Crippen molar-refractivity contribution >= 4 is 33.5 Å². The molecule has 0 aliphatic heterocycles. The van der Waals surface area contributed by atoms with Crippen molar-refractivity contribution in [3.05, 3.63) is 83.9 Å². The van der Waals surface area contributed by atoms with E-state index in [1.165, 1.54) is 0 Å². The number of esters is 2. The second-order valence-electron chi connectivity index (χ2n) is 11.5. The molecule has 0 N–H and O–H groups in total. The van der Waals surface area contributed by atoms with Crippen molar-refractivity contribution in [3.63, 3.8) is 0 Å². The molecule has 4 aromatic carbocycles. The first kappa shape index (κ1) is 29.4. The van der Waals surface area contributed by atoms with Gasteiger partial charge in [-0.05, 0) is 108 Å². The predicted octanol–water partition coefficient (Wildman–Crippen LogP) is 7.81. The van der Waals surface area contributed by atoms with Gasteiger partial charge in [0.2, 0.25) is 0 Å². The lowest BCUT2D eigenvalue weighted by Crippen LogP contribution is -2.25. The summed E-state index contributed by atoms with van der Waals surface area (Å²) in [5.41, 5.74) is 1.89. The van der Waals surface area contributed by atoms with Gasteiger partial charge in [-0.3, -0.25) is 9.59 Å². The fourth-order valence-electron chi connectivity index (χ4n) is 5.76. The molecule has 1 saturated carbocycles. The first-order chi connectivity index (χ1) is 20.3.